The van der Waals surface area contributed by atoms with E-state index in [1.165, 1.54) is 0 Å². The Morgan fingerprint density at radius 2 is 0.232 bits per heavy atom. The van der Waals surface area contributed by atoms with E-state index in [0.29, 0.717) is 0 Å². The fraction of sp³-hybridized carbons (Fsp3) is 0. The van der Waals surface area contributed by atoms with Gasteiger partial charge in [-0.3, -0.25) is 0 Å². The van der Waals surface area contributed by atoms with E-state index in [1.54, 1.807) is 0 Å². The molecule has 12 aromatic rings. The van der Waals surface area contributed by atoms with Crippen LogP contribution in [0.2, 0.25) is 0 Å². The highest BCUT2D eigenvalue weighted by molar-refractivity contribution is 5.84. The average Bonchev–Trinajstić information content (AvgIpc) is 3.75. The minimum Gasteiger partial charge on any atom is -0.311 e. The van der Waals surface area contributed by atoms with Crippen molar-refractivity contribution in [3.05, 3.63) is 361 Å². The van der Waals surface area contributed by atoms with Crippen molar-refractivity contribution in [1.82, 2.24) is 0 Å². The molecule has 12 rings (SSSR count). The Balaban J connectivity index is 0.785. The summed E-state index contributed by atoms with van der Waals surface area (Å²) in [6.45, 7) is 0. The summed E-state index contributed by atoms with van der Waals surface area (Å²) in [6, 6.07) is 116. The zero-order chi connectivity index (χ0) is 55.1. The molecule has 0 N–H and O–H groups in total. The molecule has 4 heteroatoms. The molecule has 0 amide bonds. The molecule has 12 aromatic carbocycles. The van der Waals surface area contributed by atoms with Gasteiger partial charge in [-0.15, -0.1) is 0 Å². The number of anilines is 12. The van der Waals surface area contributed by atoms with Crippen LogP contribution < -0.4 is 19.6 Å². The van der Waals surface area contributed by atoms with Crippen molar-refractivity contribution in [2.45, 2.75) is 0 Å². The molecular formula is C78H60N4. The van der Waals surface area contributed by atoms with Crippen LogP contribution in [0.25, 0.3) is 36.5 Å². The van der Waals surface area contributed by atoms with Crippen molar-refractivity contribution in [1.29, 1.82) is 0 Å². The number of benzene rings is 12. The SMILES string of the molecule is C(=C\c1ccc(N(c2ccc(/C=C/c3ccc(N(c4ccccc4)c4ccccc4)cc3)cc2)c2ccc(/C=C/c3ccc(N(c4ccccc4)c4ccccc4)cc3)cc2)cc1)/c1ccc(N(c2ccccc2)c2ccccc2)cc1. The lowest BCUT2D eigenvalue weighted by Gasteiger charge is -2.26. The maximum absolute atomic E-state index is 2.33. The molecule has 0 fully saturated rings. The summed E-state index contributed by atoms with van der Waals surface area (Å²) >= 11 is 0. The Kier molecular flexibility index (Phi) is 15.9. The molecule has 0 saturated heterocycles. The van der Waals surface area contributed by atoms with Crippen molar-refractivity contribution in [2.75, 3.05) is 19.6 Å². The monoisotopic (exact) mass is 1050 g/mol. The van der Waals surface area contributed by atoms with Crippen molar-refractivity contribution < 1.29 is 0 Å². The number of para-hydroxylation sites is 6. The number of hydrogen-bond acceptors (Lipinski definition) is 4. The third kappa shape index (κ3) is 12.5. The molecule has 392 valence electrons. The van der Waals surface area contributed by atoms with Gasteiger partial charge in [-0.1, -0.05) is 218 Å². The minimum atomic E-state index is 1.07. The van der Waals surface area contributed by atoms with Gasteiger partial charge < -0.3 is 19.6 Å². The van der Waals surface area contributed by atoms with Crippen LogP contribution in [0.4, 0.5) is 68.2 Å². The van der Waals surface area contributed by atoms with E-state index in [-0.39, 0.29) is 0 Å². The number of rotatable bonds is 18. The van der Waals surface area contributed by atoms with E-state index in [0.717, 1.165) is 102 Å². The summed E-state index contributed by atoms with van der Waals surface area (Å²) in [4.78, 5) is 9.18. The van der Waals surface area contributed by atoms with Gasteiger partial charge in [0.25, 0.3) is 0 Å². The van der Waals surface area contributed by atoms with Crippen LogP contribution in [-0.2, 0) is 0 Å². The fourth-order valence-corrected chi connectivity index (χ4v) is 10.2. The van der Waals surface area contributed by atoms with E-state index in [2.05, 4.69) is 384 Å². The first-order valence-electron chi connectivity index (χ1n) is 27.8. The zero-order valence-electron chi connectivity index (χ0n) is 45.4. The third-order valence-corrected chi connectivity index (χ3v) is 14.4. The van der Waals surface area contributed by atoms with Gasteiger partial charge in [0.05, 0.1) is 0 Å². The molecule has 0 unspecified atom stereocenters. The van der Waals surface area contributed by atoms with Gasteiger partial charge in [0.2, 0.25) is 0 Å². The molecule has 0 heterocycles. The van der Waals surface area contributed by atoms with Crippen molar-refractivity contribution >= 4 is 105 Å². The van der Waals surface area contributed by atoms with Gasteiger partial charge in [0.15, 0.2) is 0 Å². The standard InChI is InChI=1S/C78H60N4/c1-7-19-67(20-8-1)79(68-21-9-2-10-22-68)73-49-37-61(38-50-73)31-34-64-43-55-76(56-44-64)82(77-57-45-65(46-58-77)35-32-62-39-51-74(52-40-62)80(69-23-11-3-12-24-69)70-25-13-4-14-26-70)78-59-47-66(48-60-78)36-33-63-41-53-75(54-42-63)81(71-27-15-5-16-28-71)72-29-17-6-18-30-72/h1-60H/b34-31+,35-32+,36-33+. The van der Waals surface area contributed by atoms with Crippen LogP contribution in [0.15, 0.2) is 328 Å². The van der Waals surface area contributed by atoms with E-state index >= 15 is 0 Å². The maximum atomic E-state index is 2.33. The van der Waals surface area contributed by atoms with Crippen molar-refractivity contribution in [2.24, 2.45) is 0 Å². The zero-order valence-corrected chi connectivity index (χ0v) is 45.4. The first-order valence-corrected chi connectivity index (χ1v) is 27.8. The van der Waals surface area contributed by atoms with E-state index in [1.807, 2.05) is 0 Å². The van der Waals surface area contributed by atoms with Crippen LogP contribution in [0, 0.1) is 0 Å². The molecule has 0 radical (unpaired) electrons. The van der Waals surface area contributed by atoms with Gasteiger partial charge in [-0.25, -0.2) is 0 Å². The summed E-state index contributed by atoms with van der Waals surface area (Å²) < 4.78 is 0. The summed E-state index contributed by atoms with van der Waals surface area (Å²) in [7, 11) is 0. The Morgan fingerprint density at radius 3 is 0.354 bits per heavy atom. The van der Waals surface area contributed by atoms with Crippen LogP contribution >= 0.6 is 0 Å². The fourth-order valence-electron chi connectivity index (χ4n) is 10.2. The second-order valence-electron chi connectivity index (χ2n) is 19.9. The van der Waals surface area contributed by atoms with Crippen LogP contribution in [-0.4, -0.2) is 0 Å². The molecule has 0 aromatic heterocycles. The quantitative estimate of drug-likeness (QED) is 0.0794. The Bertz CT molecular complexity index is 3450. The first kappa shape index (κ1) is 51.8. The Morgan fingerprint density at radius 1 is 0.122 bits per heavy atom. The summed E-state index contributed by atoms with van der Waals surface area (Å²) in [5.41, 5.74) is 20.0. The summed E-state index contributed by atoms with van der Waals surface area (Å²) in [5.74, 6) is 0. The lowest BCUT2D eigenvalue weighted by molar-refractivity contribution is 1.28. The van der Waals surface area contributed by atoms with Gasteiger partial charge in [-0.05, 0) is 179 Å². The van der Waals surface area contributed by atoms with Crippen LogP contribution in [0.3, 0.4) is 0 Å². The molecule has 0 bridgehead atoms. The van der Waals surface area contributed by atoms with Crippen LogP contribution in [0.1, 0.15) is 33.4 Å². The molecule has 0 aliphatic carbocycles. The highest BCUT2D eigenvalue weighted by atomic mass is 15.2. The average molecular weight is 1050 g/mol. The lowest BCUT2D eigenvalue weighted by atomic mass is 10.1. The molecule has 0 aliphatic heterocycles. The van der Waals surface area contributed by atoms with Gasteiger partial charge in [0.1, 0.15) is 0 Å². The van der Waals surface area contributed by atoms with Gasteiger partial charge in [0, 0.05) is 68.2 Å². The maximum Gasteiger partial charge on any atom is 0.0462 e. The predicted octanol–water partition coefficient (Wildman–Crippen LogP) is 22.1. The lowest BCUT2D eigenvalue weighted by Crippen LogP contribution is -2.09. The minimum absolute atomic E-state index is 1.07. The molecule has 4 nitrogen and oxygen atoms in total. The second kappa shape index (κ2) is 25.2. The Hall–Kier alpha value is -10.9. The highest BCUT2D eigenvalue weighted by Gasteiger charge is 2.16. The molecule has 0 aliphatic rings. The Labute approximate surface area is 482 Å². The van der Waals surface area contributed by atoms with Crippen molar-refractivity contribution in [3.8, 4) is 0 Å². The van der Waals surface area contributed by atoms with E-state index < -0.39 is 0 Å². The van der Waals surface area contributed by atoms with Gasteiger partial charge >= 0.3 is 0 Å². The van der Waals surface area contributed by atoms with E-state index in [9.17, 15) is 0 Å². The van der Waals surface area contributed by atoms with Gasteiger partial charge in [-0.2, -0.15) is 0 Å². The highest BCUT2D eigenvalue weighted by Crippen LogP contribution is 2.39. The molecular weight excluding hydrogens is 993 g/mol. The molecule has 0 spiro atoms. The third-order valence-electron chi connectivity index (χ3n) is 14.4. The molecule has 0 saturated carbocycles. The van der Waals surface area contributed by atoms with Crippen molar-refractivity contribution in [3.63, 3.8) is 0 Å². The van der Waals surface area contributed by atoms with E-state index in [4.69, 9.17) is 0 Å². The molecule has 0 atom stereocenters. The molecule has 82 heavy (non-hydrogen) atoms. The van der Waals surface area contributed by atoms with Crippen LogP contribution in [0.5, 0.6) is 0 Å². The second-order valence-corrected chi connectivity index (χ2v) is 19.9. The normalized spacial score (nSPS) is 11.3. The first-order chi connectivity index (χ1) is 40.6. The number of hydrogen-bond donors (Lipinski definition) is 0. The smallest absolute Gasteiger partial charge is 0.0462 e. The summed E-state index contributed by atoms with van der Waals surface area (Å²) in [6.07, 6.45) is 13.1. The topological polar surface area (TPSA) is 13.0 Å². The largest absolute Gasteiger partial charge is 0.311 e. The predicted molar refractivity (Wildman–Crippen MR) is 351 cm³/mol. The number of nitrogens with zero attached hydrogens (tertiary/aromatic N) is 4. The summed E-state index contributed by atoms with van der Waals surface area (Å²) in [5, 5.41) is 0.